The van der Waals surface area contributed by atoms with Gasteiger partial charge in [-0.25, -0.2) is 20.0 Å². The van der Waals surface area contributed by atoms with Crippen LogP contribution < -0.4 is 0 Å². The molecule has 6 nitrogen and oxygen atoms in total. The molecule has 6 heteroatoms. The van der Waals surface area contributed by atoms with E-state index in [1.54, 1.807) is 6.07 Å². The molecule has 0 unspecified atom stereocenters. The average Bonchev–Trinajstić information content (AvgIpc) is 3.68. The van der Waals surface area contributed by atoms with Gasteiger partial charge in [0, 0.05) is 16.3 Å². The highest BCUT2D eigenvalue weighted by Gasteiger charge is 2.22. The summed E-state index contributed by atoms with van der Waals surface area (Å²) in [5, 5.41) is 22.4. The molecule has 0 aromatic heterocycles. The van der Waals surface area contributed by atoms with E-state index in [2.05, 4.69) is 9.98 Å². The SMILES string of the molecule is Oc1ccc(O)c2c(C3=C4C=CC(=N4)C=C4C=CC(=N4)C=C4C=CC(=N4)C=C4C=CC3=N4)cccc12. The predicted molar refractivity (Wildman–Crippen MR) is 145 cm³/mol. The summed E-state index contributed by atoms with van der Waals surface area (Å²) in [5.74, 6) is 0.174. The Bertz CT molecular complexity index is 1780. The molecule has 2 N–H and O–H groups in total. The lowest BCUT2D eigenvalue weighted by molar-refractivity contribution is 0.469. The molecule has 0 aliphatic carbocycles. The molecule has 8 bridgehead atoms. The van der Waals surface area contributed by atoms with Crippen LogP contribution in [-0.4, -0.2) is 33.1 Å². The molecule has 5 aliphatic rings. The number of rotatable bonds is 1. The number of hydrogen-bond acceptors (Lipinski definition) is 6. The Balaban J connectivity index is 1.50. The summed E-state index contributed by atoms with van der Waals surface area (Å²) in [6, 6.07) is 8.55. The van der Waals surface area contributed by atoms with Crippen molar-refractivity contribution in [2.45, 2.75) is 0 Å². The van der Waals surface area contributed by atoms with Gasteiger partial charge in [-0.15, -0.1) is 0 Å². The van der Waals surface area contributed by atoms with Gasteiger partial charge in [-0.1, -0.05) is 18.2 Å². The molecule has 0 spiro atoms. The van der Waals surface area contributed by atoms with E-state index in [4.69, 9.17) is 9.98 Å². The molecular weight excluding hydrogens is 448 g/mol. The number of fused-ring (bicyclic) bond motifs is 5. The van der Waals surface area contributed by atoms with Crippen molar-refractivity contribution in [3.05, 3.63) is 126 Å². The Morgan fingerprint density at radius 1 is 0.528 bits per heavy atom. The van der Waals surface area contributed by atoms with Crippen molar-refractivity contribution >= 4 is 39.2 Å². The highest BCUT2D eigenvalue weighted by molar-refractivity contribution is 6.34. The van der Waals surface area contributed by atoms with Gasteiger partial charge in [0.25, 0.3) is 0 Å². The van der Waals surface area contributed by atoms with Crippen molar-refractivity contribution < 1.29 is 10.2 Å². The maximum atomic E-state index is 10.8. The van der Waals surface area contributed by atoms with Gasteiger partial charge in [0.2, 0.25) is 0 Å². The molecule has 0 radical (unpaired) electrons. The van der Waals surface area contributed by atoms with E-state index in [1.165, 1.54) is 12.1 Å². The predicted octanol–water partition coefficient (Wildman–Crippen LogP) is 5.67. The van der Waals surface area contributed by atoms with Gasteiger partial charge in [0.15, 0.2) is 0 Å². The first-order valence-electron chi connectivity index (χ1n) is 11.5. The van der Waals surface area contributed by atoms with E-state index in [0.717, 1.165) is 45.4 Å². The Labute approximate surface area is 206 Å². The topological polar surface area (TPSA) is 89.9 Å². The van der Waals surface area contributed by atoms with Gasteiger partial charge in [-0.2, -0.15) is 0 Å². The van der Waals surface area contributed by atoms with Crippen molar-refractivity contribution in [1.29, 1.82) is 0 Å². The number of allylic oxidation sites excluding steroid dienone is 12. The lowest BCUT2D eigenvalue weighted by Gasteiger charge is -2.14. The van der Waals surface area contributed by atoms with Gasteiger partial charge in [0.1, 0.15) is 11.5 Å². The summed E-state index contributed by atoms with van der Waals surface area (Å²) in [6.45, 7) is 0. The summed E-state index contributed by atoms with van der Waals surface area (Å²) >= 11 is 0. The fourth-order valence-corrected chi connectivity index (χ4v) is 4.75. The van der Waals surface area contributed by atoms with E-state index in [1.807, 2.05) is 79.0 Å². The van der Waals surface area contributed by atoms with Gasteiger partial charge in [0.05, 0.1) is 45.6 Å². The molecule has 7 rings (SSSR count). The number of aliphatic imine (C=N–C) groups is 4. The van der Waals surface area contributed by atoms with E-state index in [0.29, 0.717) is 22.2 Å². The average molecular weight is 467 g/mol. The first-order valence-corrected chi connectivity index (χ1v) is 11.5. The van der Waals surface area contributed by atoms with Crippen LogP contribution in [0.2, 0.25) is 0 Å². The highest BCUT2D eigenvalue weighted by atomic mass is 16.3. The van der Waals surface area contributed by atoms with Crippen LogP contribution in [0.3, 0.4) is 0 Å². The summed E-state index contributed by atoms with van der Waals surface area (Å²) in [5.41, 5.74) is 7.70. The van der Waals surface area contributed by atoms with E-state index in [9.17, 15) is 10.2 Å². The Morgan fingerprint density at radius 3 is 1.89 bits per heavy atom. The van der Waals surface area contributed by atoms with Crippen molar-refractivity contribution in [1.82, 2.24) is 0 Å². The Morgan fingerprint density at radius 2 is 1.14 bits per heavy atom. The van der Waals surface area contributed by atoms with Crippen molar-refractivity contribution in [3.8, 4) is 11.5 Å². The number of hydrogen-bond donors (Lipinski definition) is 2. The Hall–Kier alpha value is -5.10. The first-order chi connectivity index (χ1) is 17.6. The molecule has 0 atom stereocenters. The Kier molecular flexibility index (Phi) is 4.35. The van der Waals surface area contributed by atoms with E-state index in [-0.39, 0.29) is 11.5 Å². The van der Waals surface area contributed by atoms with Crippen molar-refractivity contribution in [3.63, 3.8) is 0 Å². The van der Waals surface area contributed by atoms with Gasteiger partial charge >= 0.3 is 0 Å². The molecule has 5 heterocycles. The lowest BCUT2D eigenvalue weighted by Crippen LogP contribution is -2.01. The molecule has 2 aromatic rings. The second-order valence-corrected chi connectivity index (χ2v) is 8.74. The molecular formula is C30H18N4O2. The zero-order valence-corrected chi connectivity index (χ0v) is 18.9. The van der Waals surface area contributed by atoms with Crippen molar-refractivity contribution in [2.75, 3.05) is 0 Å². The highest BCUT2D eigenvalue weighted by Crippen LogP contribution is 2.40. The fraction of sp³-hybridized carbons (Fsp3) is 0. The van der Waals surface area contributed by atoms with Crippen LogP contribution in [0.1, 0.15) is 5.56 Å². The molecule has 0 amide bonds. The number of benzene rings is 2. The first kappa shape index (κ1) is 20.3. The minimum Gasteiger partial charge on any atom is -0.507 e. The molecule has 0 fully saturated rings. The molecule has 5 aliphatic heterocycles. The smallest absolute Gasteiger partial charge is 0.124 e. The minimum absolute atomic E-state index is 0.0769. The maximum Gasteiger partial charge on any atom is 0.124 e. The van der Waals surface area contributed by atoms with Gasteiger partial charge in [-0.05, 0) is 84.5 Å². The summed E-state index contributed by atoms with van der Waals surface area (Å²) in [4.78, 5) is 19.1. The monoisotopic (exact) mass is 466 g/mol. The minimum atomic E-state index is 0.0769. The molecule has 0 saturated heterocycles. The maximum absolute atomic E-state index is 10.8. The quantitative estimate of drug-likeness (QED) is 0.530. The molecule has 2 aromatic carbocycles. The molecule has 0 saturated carbocycles. The van der Waals surface area contributed by atoms with Crippen LogP contribution in [0, 0.1) is 0 Å². The largest absolute Gasteiger partial charge is 0.507 e. The summed E-state index contributed by atoms with van der Waals surface area (Å²) in [6.07, 6.45) is 21.4. The van der Waals surface area contributed by atoms with E-state index >= 15 is 0 Å². The van der Waals surface area contributed by atoms with Crippen LogP contribution in [0.4, 0.5) is 0 Å². The number of phenolic OH excluding ortho intramolecular Hbond substituents is 2. The second kappa shape index (κ2) is 7.71. The fourth-order valence-electron chi connectivity index (χ4n) is 4.75. The van der Waals surface area contributed by atoms with E-state index < -0.39 is 0 Å². The third-order valence-corrected chi connectivity index (χ3v) is 6.35. The lowest BCUT2D eigenvalue weighted by atomic mass is 9.92. The number of aromatic hydroxyl groups is 2. The standard InChI is InChI=1S/C30H18N4O2/c35-27-12-13-28(36)29-23(27)2-1-3-24(29)30-25-10-8-21(33-25)15-19-6-4-17(31-19)14-18-5-7-20(32-18)16-22-9-11-26(30)34-22/h1-16,35-36H. The summed E-state index contributed by atoms with van der Waals surface area (Å²) in [7, 11) is 0. The zero-order chi connectivity index (χ0) is 24.2. The third-order valence-electron chi connectivity index (χ3n) is 6.35. The van der Waals surface area contributed by atoms with Crippen LogP contribution >= 0.6 is 0 Å². The van der Waals surface area contributed by atoms with Crippen LogP contribution in [0.15, 0.2) is 140 Å². The molecule has 170 valence electrons. The number of nitrogens with zero attached hydrogens (tertiary/aromatic N) is 4. The van der Waals surface area contributed by atoms with Crippen LogP contribution in [-0.2, 0) is 0 Å². The normalized spacial score (nSPS) is 19.4. The summed E-state index contributed by atoms with van der Waals surface area (Å²) < 4.78 is 0. The van der Waals surface area contributed by atoms with Crippen LogP contribution in [0.25, 0.3) is 16.3 Å². The number of phenols is 2. The third kappa shape index (κ3) is 3.35. The zero-order valence-electron chi connectivity index (χ0n) is 18.9. The van der Waals surface area contributed by atoms with Crippen LogP contribution in [0.5, 0.6) is 11.5 Å². The van der Waals surface area contributed by atoms with Gasteiger partial charge in [-0.3, -0.25) is 0 Å². The molecule has 36 heavy (non-hydrogen) atoms. The van der Waals surface area contributed by atoms with Crippen molar-refractivity contribution in [2.24, 2.45) is 20.0 Å². The van der Waals surface area contributed by atoms with Gasteiger partial charge < -0.3 is 10.2 Å². The second-order valence-electron chi connectivity index (χ2n) is 8.74.